The highest BCUT2D eigenvalue weighted by Gasteiger charge is 2.16. The summed E-state index contributed by atoms with van der Waals surface area (Å²) in [5, 5.41) is 18.8. The number of hydrogen-bond acceptors (Lipinski definition) is 3. The van der Waals surface area contributed by atoms with Gasteiger partial charge in [0.15, 0.2) is 0 Å². The van der Waals surface area contributed by atoms with Gasteiger partial charge in [-0.05, 0) is 23.3 Å². The predicted molar refractivity (Wildman–Crippen MR) is 82.7 cm³/mol. The normalized spacial score (nSPS) is 10.6. The maximum Gasteiger partial charge on any atom is 0.491 e. The highest BCUT2D eigenvalue weighted by Crippen LogP contribution is 2.23. The first kappa shape index (κ1) is 15.4. The van der Waals surface area contributed by atoms with Gasteiger partial charge in [-0.15, -0.1) is 0 Å². The molecule has 0 heterocycles. The molecule has 2 nitrogen and oxygen atoms in total. The Balaban J connectivity index is 1.98. The molecule has 0 aliphatic rings. The van der Waals surface area contributed by atoms with Gasteiger partial charge in [0.05, 0.1) is 0 Å². The molecule has 0 unspecified atom stereocenters. The third-order valence-corrected chi connectivity index (χ3v) is 4.24. The van der Waals surface area contributed by atoms with Crippen molar-refractivity contribution in [1.29, 1.82) is 0 Å². The predicted octanol–water partition coefficient (Wildman–Crippen LogP) is 2.59. The molecular weight excluding hydrogens is 297 g/mol. The zero-order chi connectivity index (χ0) is 14.5. The second kappa shape index (κ2) is 7.13. The summed E-state index contributed by atoms with van der Waals surface area (Å²) < 4.78 is 13.3. The third kappa shape index (κ3) is 3.99. The molecule has 104 valence electrons. The van der Waals surface area contributed by atoms with E-state index in [0.717, 1.165) is 21.9 Å². The van der Waals surface area contributed by atoms with E-state index in [2.05, 4.69) is 0 Å². The summed E-state index contributed by atoms with van der Waals surface area (Å²) in [6.45, 7) is 0. The van der Waals surface area contributed by atoms with Crippen LogP contribution in [0, 0.1) is 5.82 Å². The zero-order valence-corrected chi connectivity index (χ0v) is 12.2. The van der Waals surface area contributed by atoms with Crippen LogP contribution in [0.4, 0.5) is 4.39 Å². The second-order valence-electron chi connectivity index (χ2n) is 4.31. The van der Waals surface area contributed by atoms with Gasteiger partial charge >= 0.3 is 7.12 Å². The molecule has 0 bridgehead atoms. The van der Waals surface area contributed by atoms with Crippen molar-refractivity contribution in [2.24, 2.45) is 0 Å². The number of hydrogen-bond donors (Lipinski definition) is 2. The van der Waals surface area contributed by atoms with E-state index in [1.807, 2.05) is 24.3 Å². The average Bonchev–Trinajstić information content (AvgIpc) is 2.42. The summed E-state index contributed by atoms with van der Waals surface area (Å²) in [5.41, 5.74) is 1.79. The summed E-state index contributed by atoms with van der Waals surface area (Å²) >= 11 is 7.69. The van der Waals surface area contributed by atoms with E-state index in [-0.39, 0.29) is 5.46 Å². The van der Waals surface area contributed by atoms with Crippen LogP contribution in [-0.2, 0) is 11.5 Å². The lowest BCUT2D eigenvalue weighted by Crippen LogP contribution is -2.33. The molecule has 2 aromatic carbocycles. The van der Waals surface area contributed by atoms with Crippen LogP contribution in [0.25, 0.3) is 0 Å². The molecule has 0 fully saturated rings. The van der Waals surface area contributed by atoms with Crippen molar-refractivity contribution >= 4 is 35.9 Å². The molecule has 0 aliphatic carbocycles. The van der Waals surface area contributed by atoms with Crippen molar-refractivity contribution in [3.63, 3.8) is 0 Å². The zero-order valence-electron chi connectivity index (χ0n) is 10.6. The molecule has 0 aromatic heterocycles. The number of thioether (sulfide) groups is 1. The minimum absolute atomic E-state index is 0.0964. The van der Waals surface area contributed by atoms with Crippen molar-refractivity contribution in [3.05, 3.63) is 64.4 Å². The minimum Gasteiger partial charge on any atom is -0.423 e. The molecule has 0 saturated heterocycles. The van der Waals surface area contributed by atoms with Gasteiger partial charge in [-0.3, -0.25) is 0 Å². The molecule has 20 heavy (non-hydrogen) atoms. The quantitative estimate of drug-likeness (QED) is 0.834. The number of benzene rings is 2. The lowest BCUT2D eigenvalue weighted by Gasteiger charge is -2.07. The summed E-state index contributed by atoms with van der Waals surface area (Å²) in [4.78, 5) is 0. The van der Waals surface area contributed by atoms with Crippen LogP contribution in [0.2, 0.25) is 5.02 Å². The molecule has 0 atom stereocenters. The van der Waals surface area contributed by atoms with Gasteiger partial charge in [-0.2, -0.15) is 11.8 Å². The molecular formula is C14H13BClFO2S. The fourth-order valence-electron chi connectivity index (χ4n) is 1.78. The fourth-order valence-corrected chi connectivity index (χ4v) is 3.05. The van der Waals surface area contributed by atoms with Crippen molar-refractivity contribution in [1.82, 2.24) is 0 Å². The fraction of sp³-hybridized carbons (Fsp3) is 0.143. The van der Waals surface area contributed by atoms with Crippen molar-refractivity contribution in [2.45, 2.75) is 11.5 Å². The van der Waals surface area contributed by atoms with Gasteiger partial charge in [-0.25, -0.2) is 4.39 Å². The Morgan fingerprint density at radius 1 is 1.10 bits per heavy atom. The lowest BCUT2D eigenvalue weighted by molar-refractivity contribution is 0.423. The average molecular weight is 311 g/mol. The summed E-state index contributed by atoms with van der Waals surface area (Å²) in [5.74, 6) is 0.777. The Morgan fingerprint density at radius 2 is 1.85 bits per heavy atom. The van der Waals surface area contributed by atoms with Crippen molar-refractivity contribution in [2.75, 3.05) is 0 Å². The number of halogens is 2. The Morgan fingerprint density at radius 3 is 2.55 bits per heavy atom. The largest absolute Gasteiger partial charge is 0.491 e. The van der Waals surface area contributed by atoms with Gasteiger partial charge in [0.1, 0.15) is 5.82 Å². The summed E-state index contributed by atoms with van der Waals surface area (Å²) in [7, 11) is -1.79. The van der Waals surface area contributed by atoms with Gasteiger partial charge in [-0.1, -0.05) is 41.9 Å². The van der Waals surface area contributed by atoms with E-state index < -0.39 is 12.9 Å². The van der Waals surface area contributed by atoms with E-state index in [4.69, 9.17) is 21.6 Å². The van der Waals surface area contributed by atoms with E-state index in [1.165, 1.54) is 12.1 Å². The molecule has 0 amide bonds. The summed E-state index contributed by atoms with van der Waals surface area (Å²) in [6.07, 6.45) is 0. The first-order valence-electron chi connectivity index (χ1n) is 6.03. The first-order valence-corrected chi connectivity index (χ1v) is 7.57. The molecule has 2 N–H and O–H groups in total. The maximum absolute atomic E-state index is 13.3. The smallest absolute Gasteiger partial charge is 0.423 e. The molecule has 2 rings (SSSR count). The second-order valence-corrected chi connectivity index (χ2v) is 5.71. The third-order valence-electron chi connectivity index (χ3n) is 2.82. The standard InChI is InChI=1S/C14H13BClFO2S/c16-13-4-2-1-3-11(13)9-20-8-10-5-6-14(17)12(7-10)15(18)19/h1-7,18-19H,8-9H2. The van der Waals surface area contributed by atoms with Gasteiger partial charge in [0, 0.05) is 22.0 Å². The van der Waals surface area contributed by atoms with E-state index in [0.29, 0.717) is 5.75 Å². The van der Waals surface area contributed by atoms with Crippen LogP contribution >= 0.6 is 23.4 Å². The van der Waals surface area contributed by atoms with E-state index in [1.54, 1.807) is 17.8 Å². The highest BCUT2D eigenvalue weighted by atomic mass is 35.5. The monoisotopic (exact) mass is 310 g/mol. The van der Waals surface area contributed by atoms with Gasteiger partial charge in [0.25, 0.3) is 0 Å². The Bertz CT molecular complexity index is 595. The highest BCUT2D eigenvalue weighted by molar-refractivity contribution is 7.97. The Kier molecular flexibility index (Phi) is 5.49. The van der Waals surface area contributed by atoms with Gasteiger partial charge in [0.2, 0.25) is 0 Å². The SMILES string of the molecule is OB(O)c1cc(CSCc2ccccc2Cl)ccc1F. The molecule has 0 aliphatic heterocycles. The maximum atomic E-state index is 13.3. The molecule has 0 saturated carbocycles. The van der Waals surface area contributed by atoms with Crippen LogP contribution in [0.1, 0.15) is 11.1 Å². The van der Waals surface area contributed by atoms with E-state index >= 15 is 0 Å². The van der Waals surface area contributed by atoms with Crippen LogP contribution in [-0.4, -0.2) is 17.2 Å². The van der Waals surface area contributed by atoms with Crippen LogP contribution < -0.4 is 5.46 Å². The van der Waals surface area contributed by atoms with Crippen molar-refractivity contribution in [3.8, 4) is 0 Å². The van der Waals surface area contributed by atoms with Crippen LogP contribution in [0.15, 0.2) is 42.5 Å². The molecule has 2 aromatic rings. The molecule has 0 radical (unpaired) electrons. The molecule has 6 heteroatoms. The van der Waals surface area contributed by atoms with Crippen molar-refractivity contribution < 1.29 is 14.4 Å². The minimum atomic E-state index is -1.79. The molecule has 0 spiro atoms. The van der Waals surface area contributed by atoms with E-state index in [9.17, 15) is 4.39 Å². The topological polar surface area (TPSA) is 40.5 Å². The number of rotatable bonds is 5. The van der Waals surface area contributed by atoms with Gasteiger partial charge < -0.3 is 10.0 Å². The first-order chi connectivity index (χ1) is 9.58. The summed E-state index contributed by atoms with van der Waals surface area (Å²) in [6, 6.07) is 12.0. The van der Waals surface area contributed by atoms with Crippen LogP contribution in [0.5, 0.6) is 0 Å². The Labute approximate surface area is 126 Å². The Hall–Kier alpha value is -1.01. The van der Waals surface area contributed by atoms with Crippen LogP contribution in [0.3, 0.4) is 0 Å². The lowest BCUT2D eigenvalue weighted by atomic mass is 9.79.